The summed E-state index contributed by atoms with van der Waals surface area (Å²) in [6, 6.07) is 21.5. The lowest BCUT2D eigenvalue weighted by molar-refractivity contribution is -0.117. The lowest BCUT2D eigenvalue weighted by Crippen LogP contribution is -2.30. The fourth-order valence-electron chi connectivity index (χ4n) is 4.22. The van der Waals surface area contributed by atoms with Crippen molar-refractivity contribution in [1.82, 2.24) is 4.98 Å². The van der Waals surface area contributed by atoms with E-state index in [0.29, 0.717) is 23.1 Å². The number of aliphatic hydroxyl groups excluding tert-OH is 1. The van der Waals surface area contributed by atoms with Gasteiger partial charge in [0.15, 0.2) is 16.7 Å². The highest BCUT2D eigenvalue weighted by Gasteiger charge is 2.45. The van der Waals surface area contributed by atoms with Crippen LogP contribution in [-0.4, -0.2) is 28.4 Å². The van der Waals surface area contributed by atoms with Gasteiger partial charge < -0.3 is 9.84 Å². The molecule has 0 spiro atoms. The molecule has 7 heteroatoms. The highest BCUT2D eigenvalue weighted by molar-refractivity contribution is 7.22. The largest absolute Gasteiger partial charge is 0.503 e. The second-order valence-electron chi connectivity index (χ2n) is 8.58. The Bertz CT molecular complexity index is 1550. The zero-order valence-corrected chi connectivity index (χ0v) is 20.9. The lowest BCUT2D eigenvalue weighted by atomic mass is 9.95. The molecule has 1 aromatic heterocycles. The van der Waals surface area contributed by atoms with Crippen LogP contribution in [0.3, 0.4) is 0 Å². The molecule has 1 aliphatic heterocycles. The van der Waals surface area contributed by atoms with Crippen LogP contribution in [0.25, 0.3) is 16.3 Å². The van der Waals surface area contributed by atoms with Gasteiger partial charge in [-0.3, -0.25) is 14.5 Å². The minimum atomic E-state index is -0.851. The summed E-state index contributed by atoms with van der Waals surface area (Å²) in [6.07, 6.45) is 4.70. The smallest absolute Gasteiger partial charge is 0.296 e. The van der Waals surface area contributed by atoms with E-state index in [-0.39, 0.29) is 5.57 Å². The number of aromatic nitrogens is 1. The molecule has 4 aromatic rings. The van der Waals surface area contributed by atoms with E-state index in [2.05, 4.69) is 11.6 Å². The molecule has 0 fully saturated rings. The molecule has 6 nitrogen and oxygen atoms in total. The van der Waals surface area contributed by atoms with Gasteiger partial charge in [0.1, 0.15) is 12.4 Å². The third-order valence-corrected chi connectivity index (χ3v) is 7.02. The van der Waals surface area contributed by atoms with Gasteiger partial charge in [0.2, 0.25) is 0 Å². The Balaban J connectivity index is 1.58. The van der Waals surface area contributed by atoms with Crippen molar-refractivity contribution in [3.8, 4) is 5.75 Å². The van der Waals surface area contributed by atoms with Gasteiger partial charge in [0.05, 0.1) is 21.8 Å². The number of nitrogens with zero attached hydrogens (tertiary/aromatic N) is 2. The molecule has 2 heterocycles. The van der Waals surface area contributed by atoms with Crippen molar-refractivity contribution in [3.05, 3.63) is 120 Å². The standard InChI is InChI=1S/C30H24N2O4S/c1-3-17-36-22-13-11-21(12-14-22)27-26(24(33)16-10-20-7-5-4-6-8-20)28(34)29(35)32(27)30-31-23-15-9-19(2)18-25(23)37-30/h3-16,18,27,34H,1,17H2,2H3. The number of aryl methyl sites for hydroxylation is 1. The van der Waals surface area contributed by atoms with Crippen molar-refractivity contribution >= 4 is 44.5 Å². The van der Waals surface area contributed by atoms with E-state index in [1.54, 1.807) is 36.4 Å². The van der Waals surface area contributed by atoms with E-state index in [1.165, 1.54) is 22.3 Å². The molecular formula is C30H24N2O4S. The average molecular weight is 509 g/mol. The third-order valence-electron chi connectivity index (χ3n) is 6.00. The van der Waals surface area contributed by atoms with Gasteiger partial charge in [-0.25, -0.2) is 4.98 Å². The molecule has 184 valence electrons. The maximum Gasteiger partial charge on any atom is 0.296 e. The molecule has 0 radical (unpaired) electrons. The summed E-state index contributed by atoms with van der Waals surface area (Å²) in [6.45, 7) is 6.00. The fraction of sp³-hybridized carbons (Fsp3) is 0.100. The summed E-state index contributed by atoms with van der Waals surface area (Å²) in [4.78, 5) is 32.9. The normalized spacial score (nSPS) is 15.6. The highest BCUT2D eigenvalue weighted by atomic mass is 32.1. The van der Waals surface area contributed by atoms with Crippen LogP contribution in [0.5, 0.6) is 5.75 Å². The molecule has 37 heavy (non-hydrogen) atoms. The number of allylic oxidation sites excluding steroid dienone is 1. The fourth-order valence-corrected chi connectivity index (χ4v) is 5.31. The summed E-state index contributed by atoms with van der Waals surface area (Å²) in [5.74, 6) is -1.06. The number of carbonyl (C=O) groups is 2. The van der Waals surface area contributed by atoms with Gasteiger partial charge >= 0.3 is 0 Å². The first-order valence-corrected chi connectivity index (χ1v) is 12.5. The van der Waals surface area contributed by atoms with Crippen molar-refractivity contribution in [1.29, 1.82) is 0 Å². The zero-order valence-electron chi connectivity index (χ0n) is 20.1. The van der Waals surface area contributed by atoms with E-state index in [0.717, 1.165) is 21.3 Å². The number of aliphatic hydroxyl groups is 1. The van der Waals surface area contributed by atoms with E-state index in [1.807, 2.05) is 55.5 Å². The molecule has 1 N–H and O–H groups in total. The van der Waals surface area contributed by atoms with Crippen molar-refractivity contribution < 1.29 is 19.4 Å². The van der Waals surface area contributed by atoms with Gasteiger partial charge in [0, 0.05) is 0 Å². The Morgan fingerprint density at radius 2 is 1.89 bits per heavy atom. The molecule has 5 rings (SSSR count). The summed E-state index contributed by atoms with van der Waals surface area (Å²) < 4.78 is 6.51. The monoisotopic (exact) mass is 508 g/mol. The first-order valence-electron chi connectivity index (χ1n) is 11.7. The SMILES string of the molecule is C=CCOc1ccc(C2C(C(=O)C=Cc3ccccc3)=C(O)C(=O)N2c2nc3ccc(C)cc3s2)cc1. The number of carbonyl (C=O) groups excluding carboxylic acids is 2. The molecule has 1 unspecified atom stereocenters. The maximum atomic E-state index is 13.4. The number of rotatable bonds is 8. The molecule has 3 aromatic carbocycles. The van der Waals surface area contributed by atoms with Crippen molar-refractivity contribution in [2.75, 3.05) is 11.5 Å². The number of amides is 1. The molecule has 1 aliphatic rings. The van der Waals surface area contributed by atoms with Crippen LogP contribution in [0, 0.1) is 6.92 Å². The Hall–Kier alpha value is -4.49. The van der Waals surface area contributed by atoms with Crippen LogP contribution < -0.4 is 9.64 Å². The topological polar surface area (TPSA) is 79.7 Å². The van der Waals surface area contributed by atoms with Crippen LogP contribution in [0.4, 0.5) is 5.13 Å². The summed E-state index contributed by atoms with van der Waals surface area (Å²) >= 11 is 1.34. The maximum absolute atomic E-state index is 13.4. The van der Waals surface area contributed by atoms with Crippen molar-refractivity contribution in [2.24, 2.45) is 0 Å². The Morgan fingerprint density at radius 3 is 2.62 bits per heavy atom. The molecule has 0 bridgehead atoms. The quantitative estimate of drug-likeness (QED) is 0.222. The molecular weight excluding hydrogens is 484 g/mol. The van der Waals surface area contributed by atoms with E-state index in [9.17, 15) is 14.7 Å². The first kappa shape index (κ1) is 24.2. The lowest BCUT2D eigenvalue weighted by Gasteiger charge is -2.24. The van der Waals surface area contributed by atoms with Crippen molar-refractivity contribution in [3.63, 3.8) is 0 Å². The second-order valence-corrected chi connectivity index (χ2v) is 9.59. The van der Waals surface area contributed by atoms with Crippen LogP contribution in [-0.2, 0) is 9.59 Å². The van der Waals surface area contributed by atoms with Crippen LogP contribution in [0.1, 0.15) is 22.7 Å². The summed E-state index contributed by atoms with van der Waals surface area (Å²) in [7, 11) is 0. The number of hydrogen-bond acceptors (Lipinski definition) is 6. The van der Waals surface area contributed by atoms with Gasteiger partial charge in [-0.15, -0.1) is 0 Å². The number of ketones is 1. The number of benzene rings is 3. The number of anilines is 1. The number of ether oxygens (including phenoxy) is 1. The second kappa shape index (κ2) is 10.2. The number of fused-ring (bicyclic) bond motifs is 1. The summed E-state index contributed by atoms with van der Waals surface area (Å²) in [5.41, 5.74) is 3.31. The van der Waals surface area contributed by atoms with Gasteiger partial charge in [-0.05, 0) is 54.0 Å². The molecule has 0 saturated carbocycles. The molecule has 1 atom stereocenters. The minimum absolute atomic E-state index is 0.00683. The van der Waals surface area contributed by atoms with Gasteiger partial charge in [-0.2, -0.15) is 0 Å². The van der Waals surface area contributed by atoms with E-state index in [4.69, 9.17) is 4.74 Å². The van der Waals surface area contributed by atoms with Crippen LogP contribution in [0.15, 0.2) is 103 Å². The highest BCUT2D eigenvalue weighted by Crippen LogP contribution is 2.44. The third kappa shape index (κ3) is 4.81. The first-order chi connectivity index (χ1) is 18.0. The number of hydrogen-bond donors (Lipinski definition) is 1. The Morgan fingerprint density at radius 1 is 1.14 bits per heavy atom. The summed E-state index contributed by atoms with van der Waals surface area (Å²) in [5, 5.41) is 11.4. The van der Waals surface area contributed by atoms with Crippen molar-refractivity contribution in [2.45, 2.75) is 13.0 Å². The van der Waals surface area contributed by atoms with Crippen LogP contribution >= 0.6 is 11.3 Å². The van der Waals surface area contributed by atoms with E-state index >= 15 is 0 Å². The Kier molecular flexibility index (Phi) is 6.70. The van der Waals surface area contributed by atoms with E-state index < -0.39 is 23.5 Å². The molecule has 1 amide bonds. The van der Waals surface area contributed by atoms with Gasteiger partial charge in [-0.1, -0.05) is 78.6 Å². The Labute approximate surface area is 218 Å². The predicted molar refractivity (Wildman–Crippen MR) is 147 cm³/mol. The molecule has 0 aliphatic carbocycles. The average Bonchev–Trinajstić information content (AvgIpc) is 3.44. The van der Waals surface area contributed by atoms with Gasteiger partial charge in [0.25, 0.3) is 5.91 Å². The predicted octanol–water partition coefficient (Wildman–Crippen LogP) is 6.35. The molecule has 0 saturated heterocycles. The number of thiazole rings is 1. The minimum Gasteiger partial charge on any atom is -0.503 e. The van der Waals surface area contributed by atoms with Crippen LogP contribution in [0.2, 0.25) is 0 Å². The zero-order chi connectivity index (χ0) is 25.9.